The van der Waals surface area contributed by atoms with Crippen molar-refractivity contribution >= 4 is 103 Å². The van der Waals surface area contributed by atoms with Gasteiger partial charge in [0.1, 0.15) is 10.5 Å². The van der Waals surface area contributed by atoms with Gasteiger partial charge in [0, 0.05) is 65.9 Å². The number of nitro benzene ring substituents is 2. The van der Waals surface area contributed by atoms with Crippen LogP contribution in [0.1, 0.15) is 0 Å². The fourth-order valence-corrected chi connectivity index (χ4v) is 9.08. The predicted molar refractivity (Wildman–Crippen MR) is 161 cm³/mol. The molecule has 0 saturated carbocycles. The van der Waals surface area contributed by atoms with E-state index < -0.39 is 55.6 Å². The summed E-state index contributed by atoms with van der Waals surface area (Å²) in [6.45, 7) is 0. The molecule has 1 atom stereocenters. The molecule has 0 bridgehead atoms. The lowest BCUT2D eigenvalue weighted by Gasteiger charge is -1.98. The van der Waals surface area contributed by atoms with E-state index in [2.05, 4.69) is 0 Å². The molecule has 0 fully saturated rings. The topological polar surface area (TPSA) is 175 Å². The molecule has 0 aliphatic heterocycles. The minimum absolute atomic E-state index is 0.00856. The Morgan fingerprint density at radius 1 is 0.705 bits per heavy atom. The third kappa shape index (κ3) is 5.91. The van der Waals surface area contributed by atoms with E-state index in [9.17, 15) is 50.2 Å². The molecule has 2 aromatic heterocycles. The van der Waals surface area contributed by atoms with Crippen LogP contribution >= 0.6 is 32.5 Å². The average Bonchev–Trinajstić information content (AvgIpc) is 3.46. The van der Waals surface area contributed by atoms with Gasteiger partial charge in [0.15, 0.2) is 9.40 Å². The van der Waals surface area contributed by atoms with Gasteiger partial charge in [-0.05, 0) is 36.4 Å². The number of halogens is 4. The number of nitro groups is 2. The molecule has 0 spiro atoms. The van der Waals surface area contributed by atoms with Gasteiger partial charge >= 0.3 is 5.51 Å². The maximum Gasteiger partial charge on any atom is 0.601 e. The molecule has 44 heavy (non-hydrogen) atoms. The number of non-ortho nitro benzene ring substituents is 2. The second-order valence-corrected chi connectivity index (χ2v) is 16.0. The first kappa shape index (κ1) is 31.5. The SMILES string of the molecule is O=[N+]([O-])c1ccc2c(c1)sc1cc(S(=O)(=O)Cl)ccc12.O=[N+]([O-])c1ccc2c3ccc(S(=O)(=O)O)cc3[s+](C(F)(F)F)c2c1. The molecule has 0 aliphatic rings. The molecule has 1 unspecified atom stereocenters. The smallest absolute Gasteiger partial charge is 0.282 e. The number of thiophene rings is 2. The van der Waals surface area contributed by atoms with Crippen LogP contribution in [0.15, 0.2) is 82.6 Å². The quantitative estimate of drug-likeness (QED) is 0.0622. The van der Waals surface area contributed by atoms with E-state index >= 15 is 0 Å². The summed E-state index contributed by atoms with van der Waals surface area (Å²) < 4.78 is 95.4. The van der Waals surface area contributed by atoms with Gasteiger partial charge in [0.25, 0.3) is 30.5 Å². The van der Waals surface area contributed by atoms with Crippen LogP contribution in [0.5, 0.6) is 0 Å². The van der Waals surface area contributed by atoms with Crippen molar-refractivity contribution in [1.29, 1.82) is 0 Å². The minimum atomic E-state index is -4.76. The summed E-state index contributed by atoms with van der Waals surface area (Å²) in [5.41, 5.74) is -5.24. The third-order valence-corrected chi connectivity index (χ3v) is 11.6. The first-order valence-corrected chi connectivity index (χ1v) is 17.4. The molecule has 0 radical (unpaired) electrons. The molecule has 19 heteroatoms. The van der Waals surface area contributed by atoms with Crippen molar-refractivity contribution in [3.63, 3.8) is 0 Å². The number of fused-ring (bicyclic) bond motifs is 6. The van der Waals surface area contributed by atoms with Crippen LogP contribution in [0.25, 0.3) is 40.3 Å². The number of hydrogen-bond acceptors (Lipinski definition) is 9. The van der Waals surface area contributed by atoms with Gasteiger partial charge in [-0.15, -0.1) is 24.5 Å². The standard InChI is InChI=1S/C13H6F3NO5S2.C12H6ClNO4S2/c14-13(15,16)23-11-5-7(17(18)19)1-3-9(11)10-4-2-8(6-12(10)23)24(20,21)22;13-20(17,18)8-2-4-10-9-3-1-7(14(15)16)5-11(9)19-12(10)6-8/h1-6H;1-6H/p+1. The van der Waals surface area contributed by atoms with Crippen LogP contribution in [0.2, 0.25) is 0 Å². The molecule has 0 amide bonds. The molecule has 0 aliphatic carbocycles. The Hall–Kier alpha value is -3.94. The van der Waals surface area contributed by atoms with E-state index in [-0.39, 0.29) is 30.8 Å². The zero-order valence-corrected chi connectivity index (χ0v) is 25.2. The van der Waals surface area contributed by atoms with Crippen molar-refractivity contribution in [2.24, 2.45) is 0 Å². The molecule has 2 heterocycles. The number of rotatable bonds is 4. The lowest BCUT2D eigenvalue weighted by atomic mass is 10.1. The summed E-state index contributed by atoms with van der Waals surface area (Å²) in [6, 6.07) is 15.2. The van der Waals surface area contributed by atoms with E-state index in [1.807, 2.05) is 0 Å². The summed E-state index contributed by atoms with van der Waals surface area (Å²) in [7, 11) is -5.69. The van der Waals surface area contributed by atoms with Crippen molar-refractivity contribution in [2.45, 2.75) is 15.3 Å². The first-order chi connectivity index (χ1) is 20.4. The maximum atomic E-state index is 13.5. The summed E-state index contributed by atoms with van der Waals surface area (Å²) >= 11 is 1.30. The van der Waals surface area contributed by atoms with Gasteiger partial charge in [0.05, 0.1) is 25.7 Å². The van der Waals surface area contributed by atoms with Crippen LogP contribution in [-0.2, 0) is 24.7 Å². The van der Waals surface area contributed by atoms with Crippen LogP contribution in [0.4, 0.5) is 24.5 Å². The van der Waals surface area contributed by atoms with Crippen LogP contribution in [-0.4, -0.2) is 31.2 Å². The normalized spacial score (nSPS) is 12.9. The minimum Gasteiger partial charge on any atom is -0.282 e. The van der Waals surface area contributed by atoms with Gasteiger partial charge < -0.3 is 0 Å². The van der Waals surface area contributed by atoms with Crippen molar-refractivity contribution in [2.75, 3.05) is 0 Å². The summed E-state index contributed by atoms with van der Waals surface area (Å²) in [4.78, 5) is 19.7. The van der Waals surface area contributed by atoms with Crippen molar-refractivity contribution in [3.05, 3.63) is 93.0 Å². The molecular weight excluding hydrogens is 693 g/mol. The fourth-order valence-electron chi connectivity index (χ4n) is 4.45. The monoisotopic (exact) mass is 705 g/mol. The summed E-state index contributed by atoms with van der Waals surface area (Å²) in [5.74, 6) is 0. The number of alkyl halides is 3. The Bertz CT molecular complexity index is 2400. The summed E-state index contributed by atoms with van der Waals surface area (Å²) in [6.07, 6.45) is 0. The zero-order valence-electron chi connectivity index (χ0n) is 21.2. The summed E-state index contributed by atoms with van der Waals surface area (Å²) in [5, 5.41) is 23.6. The molecule has 11 nitrogen and oxygen atoms in total. The van der Waals surface area contributed by atoms with E-state index in [1.165, 1.54) is 41.7 Å². The molecule has 1 N–H and O–H groups in total. The zero-order chi connectivity index (χ0) is 32.4. The highest BCUT2D eigenvalue weighted by molar-refractivity contribution is 8.13. The van der Waals surface area contributed by atoms with E-state index in [4.69, 9.17) is 15.2 Å². The van der Waals surface area contributed by atoms with Crippen LogP contribution in [0, 0.1) is 20.2 Å². The van der Waals surface area contributed by atoms with Gasteiger partial charge in [-0.25, -0.2) is 8.42 Å². The van der Waals surface area contributed by atoms with Gasteiger partial charge in [-0.1, -0.05) is 6.07 Å². The second-order valence-electron chi connectivity index (χ2n) is 8.96. The highest BCUT2D eigenvalue weighted by Gasteiger charge is 2.48. The average molecular weight is 706 g/mol. The van der Waals surface area contributed by atoms with Gasteiger partial charge in [-0.2, -0.15) is 8.42 Å². The number of nitrogens with zero attached hydrogens (tertiary/aromatic N) is 2. The van der Waals surface area contributed by atoms with Crippen LogP contribution in [0.3, 0.4) is 0 Å². The van der Waals surface area contributed by atoms with Gasteiger partial charge in [-0.3, -0.25) is 24.8 Å². The van der Waals surface area contributed by atoms with Crippen molar-refractivity contribution in [3.8, 4) is 0 Å². The predicted octanol–water partition coefficient (Wildman–Crippen LogP) is 8.26. The molecule has 6 rings (SSSR count). The van der Waals surface area contributed by atoms with Crippen molar-refractivity contribution in [1.82, 2.24) is 0 Å². The number of hydrogen-bond donors (Lipinski definition) is 1. The molecule has 6 aromatic rings. The molecular formula is C25H13ClF3N2O9S4+. The maximum absolute atomic E-state index is 13.5. The highest BCUT2D eigenvalue weighted by atomic mass is 35.7. The number of benzene rings is 4. The second kappa shape index (κ2) is 10.9. The first-order valence-electron chi connectivity index (χ1n) is 11.6. The lowest BCUT2D eigenvalue weighted by molar-refractivity contribution is -0.384. The van der Waals surface area contributed by atoms with E-state index in [1.54, 1.807) is 12.1 Å². The third-order valence-electron chi connectivity index (χ3n) is 6.31. The van der Waals surface area contributed by atoms with Gasteiger partial charge in [0.2, 0.25) is 0 Å². The largest absolute Gasteiger partial charge is 0.601 e. The van der Waals surface area contributed by atoms with E-state index in [0.29, 0.717) is 0 Å². The molecule has 4 aromatic carbocycles. The molecule has 228 valence electrons. The Labute approximate surface area is 255 Å². The Kier molecular flexibility index (Phi) is 7.80. The Balaban J connectivity index is 0.000000177. The highest BCUT2D eigenvalue weighted by Crippen LogP contribution is 2.54. The van der Waals surface area contributed by atoms with E-state index in [0.717, 1.165) is 50.5 Å². The fraction of sp³-hybridized carbons (Fsp3) is 0.0400. The molecule has 0 saturated heterocycles. The van der Waals surface area contributed by atoms with Crippen molar-refractivity contribution < 1.29 is 44.4 Å². The Morgan fingerprint density at radius 3 is 1.68 bits per heavy atom. The van der Waals surface area contributed by atoms with Crippen LogP contribution < -0.4 is 0 Å². The Morgan fingerprint density at radius 2 is 1.16 bits per heavy atom. The lowest BCUT2D eigenvalue weighted by Crippen LogP contribution is -1.98.